The first-order valence-corrected chi connectivity index (χ1v) is 9.90. The molecular weight excluding hydrogens is 362 g/mol. The number of nitrogens with one attached hydrogen (secondary N) is 3. The third-order valence-corrected chi connectivity index (χ3v) is 5.56. The molecule has 0 atom stereocenters. The number of carbonyl (C=O) groups is 2. The lowest BCUT2D eigenvalue weighted by molar-refractivity contribution is -0.120. The van der Waals surface area contributed by atoms with Crippen LogP contribution in [0.3, 0.4) is 0 Å². The van der Waals surface area contributed by atoms with E-state index >= 15 is 0 Å². The van der Waals surface area contributed by atoms with Gasteiger partial charge in [-0.25, -0.2) is 13.1 Å². The van der Waals surface area contributed by atoms with Crippen molar-refractivity contribution < 1.29 is 18.0 Å². The van der Waals surface area contributed by atoms with Crippen LogP contribution in [0.4, 0.5) is 5.69 Å². The molecule has 0 saturated heterocycles. The largest absolute Gasteiger partial charge is 0.332 e. The van der Waals surface area contributed by atoms with E-state index in [1.807, 2.05) is 4.72 Å². The van der Waals surface area contributed by atoms with Crippen LogP contribution in [0.1, 0.15) is 39.0 Å². The Bertz CT molecular complexity index is 754. The summed E-state index contributed by atoms with van der Waals surface area (Å²) in [5, 5.41) is 5.63. The molecule has 1 aliphatic rings. The van der Waals surface area contributed by atoms with Crippen LogP contribution in [-0.2, 0) is 19.6 Å². The summed E-state index contributed by atoms with van der Waals surface area (Å²) in [6, 6.07) is 5.70. The molecule has 0 spiro atoms. The highest BCUT2D eigenvalue weighted by Gasteiger charge is 2.19. The Morgan fingerprint density at radius 3 is 2.32 bits per heavy atom. The van der Waals surface area contributed by atoms with E-state index in [1.165, 1.54) is 37.1 Å². The number of anilines is 1. The number of hydrogen-bond acceptors (Lipinski definition) is 5. The summed E-state index contributed by atoms with van der Waals surface area (Å²) in [7, 11) is -3.87. The van der Waals surface area contributed by atoms with Gasteiger partial charge in [0.1, 0.15) is 0 Å². The van der Waals surface area contributed by atoms with Crippen LogP contribution >= 0.6 is 12.2 Å². The fraction of sp³-hybridized carbons (Fsp3) is 0.438. The monoisotopic (exact) mass is 383 g/mol. The molecule has 0 heterocycles. The summed E-state index contributed by atoms with van der Waals surface area (Å²) in [5.74, 6) is -0.344. The molecule has 0 radical (unpaired) electrons. The predicted molar refractivity (Wildman–Crippen MR) is 98.4 cm³/mol. The minimum atomic E-state index is -3.87. The molecule has 1 aromatic rings. The Labute approximate surface area is 152 Å². The average Bonchev–Trinajstić information content (AvgIpc) is 2.99. The summed E-state index contributed by atoms with van der Waals surface area (Å²) in [6.07, 6.45) is 4.98. The van der Waals surface area contributed by atoms with Gasteiger partial charge < -0.3 is 10.6 Å². The number of carbonyl (C=O) groups excluding carboxylic acids is 2. The zero-order valence-corrected chi connectivity index (χ0v) is 15.5. The van der Waals surface area contributed by atoms with E-state index in [2.05, 4.69) is 10.6 Å². The first-order chi connectivity index (χ1) is 11.8. The van der Waals surface area contributed by atoms with Crippen molar-refractivity contribution in [3.05, 3.63) is 24.3 Å². The highest BCUT2D eigenvalue weighted by Crippen LogP contribution is 2.27. The number of thiocarbonyl (C=S) groups is 1. The lowest BCUT2D eigenvalue weighted by atomic mass is 10.0. The molecule has 0 bridgehead atoms. The summed E-state index contributed by atoms with van der Waals surface area (Å²) in [6.45, 7) is 1.13. The molecule has 1 saturated carbocycles. The van der Waals surface area contributed by atoms with E-state index in [1.54, 1.807) is 0 Å². The van der Waals surface area contributed by atoms with Gasteiger partial charge >= 0.3 is 0 Å². The number of hydrogen-bond donors (Lipinski definition) is 3. The van der Waals surface area contributed by atoms with E-state index in [9.17, 15) is 18.0 Å². The second-order valence-electron chi connectivity index (χ2n) is 6.04. The normalized spacial score (nSPS) is 14.8. The molecule has 0 aromatic heterocycles. The van der Waals surface area contributed by atoms with Crippen LogP contribution < -0.4 is 15.4 Å². The summed E-state index contributed by atoms with van der Waals surface area (Å²) < 4.78 is 25.6. The van der Waals surface area contributed by atoms with Gasteiger partial charge in [-0.2, -0.15) is 0 Å². The van der Waals surface area contributed by atoms with Crippen molar-refractivity contribution in [1.82, 2.24) is 10.0 Å². The maximum Gasteiger partial charge on any atom is 0.264 e. The maximum absolute atomic E-state index is 11.9. The third kappa shape index (κ3) is 6.09. The summed E-state index contributed by atoms with van der Waals surface area (Å²) >= 11 is 5.10. The molecule has 0 unspecified atom stereocenters. The van der Waals surface area contributed by atoms with Crippen LogP contribution in [0.5, 0.6) is 0 Å². The molecule has 136 valence electrons. The van der Waals surface area contributed by atoms with Crippen molar-refractivity contribution in [3.8, 4) is 0 Å². The van der Waals surface area contributed by atoms with E-state index in [-0.39, 0.29) is 15.9 Å². The van der Waals surface area contributed by atoms with Crippen molar-refractivity contribution in [1.29, 1.82) is 0 Å². The van der Waals surface area contributed by atoms with E-state index in [0.717, 1.165) is 19.8 Å². The van der Waals surface area contributed by atoms with Crippen molar-refractivity contribution in [2.45, 2.75) is 43.9 Å². The molecule has 2 amide bonds. The highest BCUT2D eigenvalue weighted by molar-refractivity contribution is 7.90. The zero-order chi connectivity index (χ0) is 18.4. The SMILES string of the molecule is CC(=O)NS(=O)(=O)c1ccc(NC(=S)NC(=O)CC2CCCC2)cc1. The fourth-order valence-corrected chi connectivity index (χ4v) is 4.00. The van der Waals surface area contributed by atoms with Crippen LogP contribution in [0.25, 0.3) is 0 Å². The predicted octanol–water partition coefficient (Wildman–Crippen LogP) is 1.90. The lowest BCUT2D eigenvalue weighted by Gasteiger charge is -2.12. The van der Waals surface area contributed by atoms with Crippen molar-refractivity contribution in [3.63, 3.8) is 0 Å². The van der Waals surface area contributed by atoms with Crippen LogP contribution in [0.15, 0.2) is 29.2 Å². The van der Waals surface area contributed by atoms with Gasteiger partial charge in [0.2, 0.25) is 11.8 Å². The maximum atomic E-state index is 11.9. The molecule has 9 heteroatoms. The van der Waals surface area contributed by atoms with Gasteiger partial charge in [-0.3, -0.25) is 9.59 Å². The molecule has 0 aliphatic heterocycles. The minimum absolute atomic E-state index is 0.0376. The Morgan fingerprint density at radius 2 is 1.76 bits per heavy atom. The van der Waals surface area contributed by atoms with Gasteiger partial charge in [-0.05, 0) is 55.2 Å². The highest BCUT2D eigenvalue weighted by atomic mass is 32.2. The minimum Gasteiger partial charge on any atom is -0.332 e. The summed E-state index contributed by atoms with van der Waals surface area (Å²) in [4.78, 5) is 22.8. The Morgan fingerprint density at radius 1 is 1.16 bits per heavy atom. The zero-order valence-electron chi connectivity index (χ0n) is 13.9. The van der Waals surface area contributed by atoms with Gasteiger partial charge in [-0.15, -0.1) is 0 Å². The molecule has 1 aromatic carbocycles. The summed E-state index contributed by atoms with van der Waals surface area (Å²) in [5.41, 5.74) is 0.535. The first kappa shape index (κ1) is 19.3. The van der Waals surface area contributed by atoms with E-state index in [4.69, 9.17) is 12.2 Å². The van der Waals surface area contributed by atoms with Crippen LogP contribution in [0, 0.1) is 5.92 Å². The van der Waals surface area contributed by atoms with Gasteiger partial charge in [-0.1, -0.05) is 12.8 Å². The molecular formula is C16H21N3O4S2. The standard InChI is InChI=1S/C16H21N3O4S2/c1-11(20)19-25(22,23)14-8-6-13(7-9-14)17-16(24)18-15(21)10-12-4-2-3-5-12/h6-9,12H,2-5,10H2,1H3,(H,19,20)(H2,17,18,21,24). The first-order valence-electron chi connectivity index (χ1n) is 8.00. The number of benzene rings is 1. The van der Waals surface area contributed by atoms with Crippen LogP contribution in [-0.4, -0.2) is 25.3 Å². The van der Waals surface area contributed by atoms with Crippen molar-refractivity contribution in [2.24, 2.45) is 5.92 Å². The number of sulfonamides is 1. The molecule has 7 nitrogen and oxygen atoms in total. The molecule has 2 rings (SSSR count). The number of amides is 2. The van der Waals surface area contributed by atoms with Crippen molar-refractivity contribution in [2.75, 3.05) is 5.32 Å². The Hall–Kier alpha value is -2.00. The molecule has 1 aliphatic carbocycles. The van der Waals surface area contributed by atoms with E-state index < -0.39 is 15.9 Å². The second-order valence-corrected chi connectivity index (χ2v) is 8.13. The Balaban J connectivity index is 1.88. The molecule has 3 N–H and O–H groups in total. The third-order valence-electron chi connectivity index (χ3n) is 3.90. The molecule has 25 heavy (non-hydrogen) atoms. The smallest absolute Gasteiger partial charge is 0.264 e. The van der Waals surface area contributed by atoms with Gasteiger partial charge in [0.25, 0.3) is 10.0 Å². The lowest BCUT2D eigenvalue weighted by Crippen LogP contribution is -2.34. The second kappa shape index (κ2) is 8.39. The van der Waals surface area contributed by atoms with Crippen LogP contribution in [0.2, 0.25) is 0 Å². The Kier molecular flexibility index (Phi) is 6.49. The topological polar surface area (TPSA) is 104 Å². The van der Waals surface area contributed by atoms with E-state index in [0.29, 0.717) is 18.0 Å². The average molecular weight is 383 g/mol. The number of rotatable bonds is 5. The van der Waals surface area contributed by atoms with Gasteiger partial charge in [0.05, 0.1) is 4.90 Å². The van der Waals surface area contributed by atoms with Gasteiger partial charge in [0, 0.05) is 19.0 Å². The van der Waals surface area contributed by atoms with Gasteiger partial charge in [0.15, 0.2) is 5.11 Å². The van der Waals surface area contributed by atoms with Crippen molar-refractivity contribution >= 4 is 44.9 Å². The molecule has 1 fully saturated rings. The quantitative estimate of drug-likeness (QED) is 0.671. The fourth-order valence-electron chi connectivity index (χ4n) is 2.78.